The first-order chi connectivity index (χ1) is 9.51. The van der Waals surface area contributed by atoms with E-state index in [9.17, 15) is 9.18 Å². The van der Waals surface area contributed by atoms with Gasteiger partial charge in [-0.1, -0.05) is 31.0 Å². The fraction of sp³-hybridized carbons (Fsp3) is 0.286. The number of thiazole rings is 1. The molecule has 106 valence electrons. The average Bonchev–Trinajstić information content (AvgIpc) is 2.76. The van der Waals surface area contributed by atoms with E-state index in [1.807, 2.05) is 6.92 Å². The lowest BCUT2D eigenvalue weighted by molar-refractivity contribution is 0.0700. The van der Waals surface area contributed by atoms with Crippen molar-refractivity contribution in [1.29, 1.82) is 0 Å². The molecule has 0 fully saturated rings. The van der Waals surface area contributed by atoms with Crippen LogP contribution in [0.15, 0.2) is 18.2 Å². The molecule has 3 nitrogen and oxygen atoms in total. The van der Waals surface area contributed by atoms with Gasteiger partial charge in [0, 0.05) is 11.4 Å². The second-order valence-electron chi connectivity index (χ2n) is 4.35. The van der Waals surface area contributed by atoms with Crippen molar-refractivity contribution in [3.8, 4) is 0 Å². The number of aryl methyl sites for hydroxylation is 1. The van der Waals surface area contributed by atoms with Crippen LogP contribution < -0.4 is 0 Å². The fourth-order valence-corrected chi connectivity index (χ4v) is 3.08. The van der Waals surface area contributed by atoms with E-state index < -0.39 is 11.8 Å². The Bertz CT molecular complexity index is 642. The van der Waals surface area contributed by atoms with Crippen LogP contribution >= 0.6 is 22.9 Å². The Morgan fingerprint density at radius 1 is 1.50 bits per heavy atom. The summed E-state index contributed by atoms with van der Waals surface area (Å²) >= 11 is 7.12. The smallest absolute Gasteiger partial charge is 0.347 e. The van der Waals surface area contributed by atoms with Gasteiger partial charge < -0.3 is 5.11 Å². The van der Waals surface area contributed by atoms with Crippen molar-refractivity contribution in [2.75, 3.05) is 0 Å². The Morgan fingerprint density at radius 2 is 2.25 bits per heavy atom. The highest BCUT2D eigenvalue weighted by Gasteiger charge is 2.17. The third kappa shape index (κ3) is 3.35. The van der Waals surface area contributed by atoms with Crippen LogP contribution in [0, 0.1) is 5.82 Å². The standard InChI is InChI=1S/C14H13ClFNO2S/c1-2-3-11-13(14(18)19)20-12(17-11)6-8-4-5-9(16)7-10(8)15/h4-5,7H,2-3,6H2,1H3,(H,18,19). The quantitative estimate of drug-likeness (QED) is 0.901. The lowest BCUT2D eigenvalue weighted by atomic mass is 10.1. The molecule has 0 unspecified atom stereocenters. The van der Waals surface area contributed by atoms with Gasteiger partial charge in [0.1, 0.15) is 10.7 Å². The van der Waals surface area contributed by atoms with Crippen molar-refractivity contribution in [1.82, 2.24) is 4.98 Å². The van der Waals surface area contributed by atoms with Crippen LogP contribution in [0.1, 0.15) is 39.3 Å². The summed E-state index contributed by atoms with van der Waals surface area (Å²) in [6.45, 7) is 1.97. The lowest BCUT2D eigenvalue weighted by Gasteiger charge is -2.01. The summed E-state index contributed by atoms with van der Waals surface area (Å²) in [5, 5.41) is 10.2. The SMILES string of the molecule is CCCc1nc(Cc2ccc(F)cc2Cl)sc1C(=O)O. The first-order valence-corrected chi connectivity index (χ1v) is 7.36. The molecule has 0 spiro atoms. The van der Waals surface area contributed by atoms with Gasteiger partial charge in [-0.2, -0.15) is 0 Å². The molecule has 2 rings (SSSR count). The normalized spacial score (nSPS) is 10.8. The summed E-state index contributed by atoms with van der Waals surface area (Å²) in [4.78, 5) is 15.8. The van der Waals surface area contributed by atoms with Crippen molar-refractivity contribution in [2.24, 2.45) is 0 Å². The molecule has 1 heterocycles. The zero-order valence-corrected chi connectivity index (χ0v) is 12.4. The molecule has 1 aromatic heterocycles. The molecule has 0 aliphatic carbocycles. The van der Waals surface area contributed by atoms with Gasteiger partial charge >= 0.3 is 5.97 Å². The van der Waals surface area contributed by atoms with Crippen LogP contribution in [0.5, 0.6) is 0 Å². The number of carboxylic acids is 1. The molecule has 0 atom stereocenters. The van der Waals surface area contributed by atoms with Gasteiger partial charge in [-0.25, -0.2) is 14.2 Å². The van der Waals surface area contributed by atoms with E-state index in [-0.39, 0.29) is 4.88 Å². The number of rotatable bonds is 5. The predicted octanol–water partition coefficient (Wildman–Crippen LogP) is 4.18. The van der Waals surface area contributed by atoms with Crippen LogP contribution in [0.25, 0.3) is 0 Å². The molecule has 0 saturated heterocycles. The Kier molecular flexibility index (Phi) is 4.73. The fourth-order valence-electron chi connectivity index (χ4n) is 1.88. The van der Waals surface area contributed by atoms with Gasteiger partial charge in [-0.3, -0.25) is 0 Å². The van der Waals surface area contributed by atoms with Gasteiger partial charge in [0.05, 0.1) is 10.7 Å². The summed E-state index contributed by atoms with van der Waals surface area (Å²) in [7, 11) is 0. The van der Waals surface area contributed by atoms with Crippen LogP contribution in [-0.4, -0.2) is 16.1 Å². The lowest BCUT2D eigenvalue weighted by Crippen LogP contribution is -1.98. The molecular weight excluding hydrogens is 301 g/mol. The number of aromatic nitrogens is 1. The second kappa shape index (κ2) is 6.33. The maximum absolute atomic E-state index is 13.0. The van der Waals surface area contributed by atoms with E-state index in [0.29, 0.717) is 28.6 Å². The van der Waals surface area contributed by atoms with Crippen LogP contribution in [0.4, 0.5) is 4.39 Å². The van der Waals surface area contributed by atoms with Crippen LogP contribution in [0.3, 0.4) is 0 Å². The molecule has 1 aromatic carbocycles. The summed E-state index contributed by atoms with van der Waals surface area (Å²) in [5.74, 6) is -1.35. The number of halogens is 2. The number of aromatic carboxylic acids is 1. The van der Waals surface area contributed by atoms with Crippen molar-refractivity contribution >= 4 is 28.9 Å². The molecular formula is C14H13ClFNO2S. The van der Waals surface area contributed by atoms with Gasteiger partial charge in [0.15, 0.2) is 0 Å². The monoisotopic (exact) mass is 313 g/mol. The molecule has 1 N–H and O–H groups in total. The zero-order chi connectivity index (χ0) is 14.7. The minimum absolute atomic E-state index is 0.278. The maximum Gasteiger partial charge on any atom is 0.347 e. The Morgan fingerprint density at radius 3 is 2.85 bits per heavy atom. The molecule has 2 aromatic rings. The van der Waals surface area contributed by atoms with Gasteiger partial charge in [-0.15, -0.1) is 11.3 Å². The minimum atomic E-state index is -0.956. The number of hydrogen-bond donors (Lipinski definition) is 1. The molecule has 0 bridgehead atoms. The first kappa shape index (κ1) is 14.9. The number of nitrogens with zero attached hydrogens (tertiary/aromatic N) is 1. The third-order valence-electron chi connectivity index (χ3n) is 2.78. The summed E-state index contributed by atoms with van der Waals surface area (Å²) < 4.78 is 13.0. The van der Waals surface area contributed by atoms with E-state index in [0.717, 1.165) is 23.3 Å². The third-order valence-corrected chi connectivity index (χ3v) is 4.22. The highest BCUT2D eigenvalue weighted by atomic mass is 35.5. The number of hydrogen-bond acceptors (Lipinski definition) is 3. The Hall–Kier alpha value is -1.46. The molecule has 0 saturated carbocycles. The highest BCUT2D eigenvalue weighted by molar-refractivity contribution is 7.13. The van der Waals surface area contributed by atoms with Gasteiger partial charge in [0.2, 0.25) is 0 Å². The van der Waals surface area contributed by atoms with E-state index in [4.69, 9.17) is 16.7 Å². The van der Waals surface area contributed by atoms with E-state index >= 15 is 0 Å². The molecule has 0 radical (unpaired) electrons. The minimum Gasteiger partial charge on any atom is -0.477 e. The Labute approximate surface area is 125 Å². The van der Waals surface area contributed by atoms with Crippen LogP contribution in [0.2, 0.25) is 5.02 Å². The number of carboxylic acid groups (broad SMARTS) is 1. The van der Waals surface area contributed by atoms with E-state index in [2.05, 4.69) is 4.98 Å². The average molecular weight is 314 g/mol. The second-order valence-corrected chi connectivity index (χ2v) is 5.84. The van der Waals surface area contributed by atoms with Crippen LogP contribution in [-0.2, 0) is 12.8 Å². The topological polar surface area (TPSA) is 50.2 Å². The van der Waals surface area contributed by atoms with Crippen molar-refractivity contribution < 1.29 is 14.3 Å². The highest BCUT2D eigenvalue weighted by Crippen LogP contribution is 2.25. The zero-order valence-electron chi connectivity index (χ0n) is 10.8. The van der Waals surface area contributed by atoms with Crippen molar-refractivity contribution in [3.05, 3.63) is 50.2 Å². The van der Waals surface area contributed by atoms with Gasteiger partial charge in [-0.05, 0) is 24.1 Å². The Balaban J connectivity index is 2.29. The molecule has 0 aliphatic rings. The molecule has 20 heavy (non-hydrogen) atoms. The number of carbonyl (C=O) groups is 1. The molecule has 0 amide bonds. The maximum atomic E-state index is 13.0. The summed E-state index contributed by atoms with van der Waals surface area (Å²) in [5.41, 5.74) is 1.35. The summed E-state index contributed by atoms with van der Waals surface area (Å²) in [6, 6.07) is 4.18. The largest absolute Gasteiger partial charge is 0.477 e. The summed E-state index contributed by atoms with van der Waals surface area (Å²) in [6.07, 6.45) is 1.88. The van der Waals surface area contributed by atoms with Gasteiger partial charge in [0.25, 0.3) is 0 Å². The first-order valence-electron chi connectivity index (χ1n) is 6.17. The van der Waals surface area contributed by atoms with E-state index in [1.165, 1.54) is 12.1 Å². The molecule has 0 aliphatic heterocycles. The number of benzene rings is 1. The molecule has 6 heteroatoms. The predicted molar refractivity (Wildman–Crippen MR) is 77.3 cm³/mol. The van der Waals surface area contributed by atoms with Crippen molar-refractivity contribution in [2.45, 2.75) is 26.2 Å². The van der Waals surface area contributed by atoms with Crippen molar-refractivity contribution in [3.63, 3.8) is 0 Å². The van der Waals surface area contributed by atoms with E-state index in [1.54, 1.807) is 6.07 Å².